The molecule has 0 aromatic heterocycles. The molecule has 4 nitrogen and oxygen atoms in total. The summed E-state index contributed by atoms with van der Waals surface area (Å²) in [4.78, 5) is 13.9. The van der Waals surface area contributed by atoms with Crippen molar-refractivity contribution in [1.82, 2.24) is 10.2 Å². The van der Waals surface area contributed by atoms with Crippen LogP contribution in [-0.4, -0.2) is 50.7 Å². The standard InChI is InChI=1S/C12H24N2O2/c1-3-14(9-11-6-8-16-10-11)12(15)5-4-7-13-2/h11,13H,3-10H2,1-2H3. The van der Waals surface area contributed by atoms with E-state index in [4.69, 9.17) is 4.74 Å². The Kier molecular flexibility index (Phi) is 6.42. The third-order valence-electron chi connectivity index (χ3n) is 3.05. The molecule has 1 aliphatic rings. The maximum atomic E-state index is 11.9. The largest absolute Gasteiger partial charge is 0.381 e. The van der Waals surface area contributed by atoms with Gasteiger partial charge in [0.1, 0.15) is 0 Å². The van der Waals surface area contributed by atoms with Crippen LogP contribution in [0.4, 0.5) is 0 Å². The number of nitrogens with one attached hydrogen (secondary N) is 1. The van der Waals surface area contributed by atoms with Crippen LogP contribution >= 0.6 is 0 Å². The van der Waals surface area contributed by atoms with E-state index in [9.17, 15) is 4.79 Å². The van der Waals surface area contributed by atoms with Gasteiger partial charge in [0.15, 0.2) is 0 Å². The number of ether oxygens (including phenoxy) is 1. The lowest BCUT2D eigenvalue weighted by Crippen LogP contribution is -2.35. The molecule has 1 saturated heterocycles. The SMILES string of the molecule is CCN(CC1CCOC1)C(=O)CCCNC. The lowest BCUT2D eigenvalue weighted by atomic mass is 10.1. The Hall–Kier alpha value is -0.610. The molecule has 1 heterocycles. The van der Waals surface area contributed by atoms with Crippen molar-refractivity contribution in [1.29, 1.82) is 0 Å². The van der Waals surface area contributed by atoms with Crippen LogP contribution in [0.15, 0.2) is 0 Å². The van der Waals surface area contributed by atoms with Crippen LogP contribution in [-0.2, 0) is 9.53 Å². The van der Waals surface area contributed by atoms with Crippen molar-refractivity contribution in [3.63, 3.8) is 0 Å². The van der Waals surface area contributed by atoms with Crippen molar-refractivity contribution >= 4 is 5.91 Å². The van der Waals surface area contributed by atoms with Crippen molar-refractivity contribution in [2.45, 2.75) is 26.2 Å². The first-order valence-electron chi connectivity index (χ1n) is 6.28. The Morgan fingerprint density at radius 3 is 2.94 bits per heavy atom. The van der Waals surface area contributed by atoms with E-state index < -0.39 is 0 Å². The van der Waals surface area contributed by atoms with Crippen molar-refractivity contribution in [2.24, 2.45) is 5.92 Å². The van der Waals surface area contributed by atoms with Crippen LogP contribution in [0, 0.1) is 5.92 Å². The van der Waals surface area contributed by atoms with Crippen molar-refractivity contribution < 1.29 is 9.53 Å². The van der Waals surface area contributed by atoms with Crippen LogP contribution in [0.25, 0.3) is 0 Å². The van der Waals surface area contributed by atoms with Crippen LogP contribution in [0.2, 0.25) is 0 Å². The van der Waals surface area contributed by atoms with Crippen LogP contribution < -0.4 is 5.32 Å². The molecule has 0 aromatic rings. The third-order valence-corrected chi connectivity index (χ3v) is 3.05. The number of carbonyl (C=O) groups is 1. The average Bonchev–Trinajstić information content (AvgIpc) is 2.78. The maximum Gasteiger partial charge on any atom is 0.222 e. The fraction of sp³-hybridized carbons (Fsp3) is 0.917. The highest BCUT2D eigenvalue weighted by atomic mass is 16.5. The van der Waals surface area contributed by atoms with Gasteiger partial charge in [0.2, 0.25) is 5.91 Å². The molecule has 16 heavy (non-hydrogen) atoms. The van der Waals surface area contributed by atoms with Crippen molar-refractivity contribution in [2.75, 3.05) is 39.9 Å². The quantitative estimate of drug-likeness (QED) is 0.657. The van der Waals surface area contributed by atoms with E-state index >= 15 is 0 Å². The normalized spacial score (nSPS) is 20.0. The molecule has 0 aliphatic carbocycles. The highest BCUT2D eigenvalue weighted by molar-refractivity contribution is 5.76. The summed E-state index contributed by atoms with van der Waals surface area (Å²) in [7, 11) is 1.91. The van der Waals surface area contributed by atoms with Crippen LogP contribution in [0.1, 0.15) is 26.2 Å². The molecule has 0 radical (unpaired) electrons. The smallest absolute Gasteiger partial charge is 0.222 e. The van der Waals surface area contributed by atoms with Gasteiger partial charge < -0.3 is 15.0 Å². The first-order chi connectivity index (χ1) is 7.77. The minimum absolute atomic E-state index is 0.282. The second-order valence-corrected chi connectivity index (χ2v) is 4.37. The topological polar surface area (TPSA) is 41.6 Å². The Bertz CT molecular complexity index is 203. The predicted octanol–water partition coefficient (Wildman–Crippen LogP) is 0.871. The van der Waals surface area contributed by atoms with Crippen molar-refractivity contribution in [3.8, 4) is 0 Å². The van der Waals surface area contributed by atoms with E-state index in [1.807, 2.05) is 18.9 Å². The Balaban J connectivity index is 2.25. The summed E-state index contributed by atoms with van der Waals surface area (Å²) in [5.74, 6) is 0.831. The molecule has 0 spiro atoms. The molecule has 1 aliphatic heterocycles. The van der Waals surface area contributed by atoms with E-state index in [2.05, 4.69) is 5.32 Å². The fourth-order valence-electron chi connectivity index (χ4n) is 2.02. The van der Waals surface area contributed by atoms with Gasteiger partial charge in [-0.05, 0) is 33.4 Å². The van der Waals surface area contributed by atoms with Gasteiger partial charge in [-0.25, -0.2) is 0 Å². The minimum Gasteiger partial charge on any atom is -0.381 e. The molecule has 1 N–H and O–H groups in total. The summed E-state index contributed by atoms with van der Waals surface area (Å²) in [5, 5.41) is 3.06. The van der Waals surface area contributed by atoms with Gasteiger partial charge in [-0.3, -0.25) is 4.79 Å². The summed E-state index contributed by atoms with van der Waals surface area (Å²) in [6, 6.07) is 0. The molecule has 1 rings (SSSR count). The van der Waals surface area contributed by atoms with E-state index in [0.29, 0.717) is 12.3 Å². The van der Waals surface area contributed by atoms with Gasteiger partial charge >= 0.3 is 0 Å². The highest BCUT2D eigenvalue weighted by Crippen LogP contribution is 2.14. The molecule has 1 amide bonds. The molecule has 1 fully saturated rings. The zero-order chi connectivity index (χ0) is 11.8. The zero-order valence-electron chi connectivity index (χ0n) is 10.5. The number of amides is 1. The number of carbonyl (C=O) groups excluding carboxylic acids is 1. The molecule has 0 saturated carbocycles. The van der Waals surface area contributed by atoms with Gasteiger partial charge in [0.25, 0.3) is 0 Å². The number of nitrogens with zero attached hydrogens (tertiary/aromatic N) is 1. The Labute approximate surface area is 98.3 Å². The Morgan fingerprint density at radius 2 is 2.38 bits per heavy atom. The molecular formula is C12H24N2O2. The second kappa shape index (κ2) is 7.63. The highest BCUT2D eigenvalue weighted by Gasteiger charge is 2.20. The van der Waals surface area contributed by atoms with E-state index in [0.717, 1.165) is 45.7 Å². The van der Waals surface area contributed by atoms with Crippen LogP contribution in [0.3, 0.4) is 0 Å². The molecule has 1 unspecified atom stereocenters. The van der Waals surface area contributed by atoms with Crippen LogP contribution in [0.5, 0.6) is 0 Å². The van der Waals surface area contributed by atoms with Gasteiger partial charge in [-0.15, -0.1) is 0 Å². The van der Waals surface area contributed by atoms with Gasteiger partial charge in [-0.1, -0.05) is 0 Å². The summed E-state index contributed by atoms with van der Waals surface area (Å²) in [6.07, 6.45) is 2.68. The molecule has 0 bridgehead atoms. The zero-order valence-corrected chi connectivity index (χ0v) is 10.5. The lowest BCUT2D eigenvalue weighted by molar-refractivity contribution is -0.131. The molecule has 1 atom stereocenters. The van der Waals surface area contributed by atoms with E-state index in [-0.39, 0.29) is 5.91 Å². The second-order valence-electron chi connectivity index (χ2n) is 4.37. The monoisotopic (exact) mass is 228 g/mol. The summed E-state index contributed by atoms with van der Waals surface area (Å²) in [6.45, 7) is 6.32. The maximum absolute atomic E-state index is 11.9. The summed E-state index contributed by atoms with van der Waals surface area (Å²) < 4.78 is 5.33. The number of hydrogen-bond acceptors (Lipinski definition) is 3. The first-order valence-corrected chi connectivity index (χ1v) is 6.28. The average molecular weight is 228 g/mol. The number of rotatable bonds is 7. The third kappa shape index (κ3) is 4.49. The van der Waals surface area contributed by atoms with Gasteiger partial charge in [0, 0.05) is 32.0 Å². The molecule has 0 aromatic carbocycles. The number of hydrogen-bond donors (Lipinski definition) is 1. The first kappa shape index (κ1) is 13.5. The minimum atomic E-state index is 0.282. The van der Waals surface area contributed by atoms with Gasteiger partial charge in [-0.2, -0.15) is 0 Å². The van der Waals surface area contributed by atoms with Gasteiger partial charge in [0.05, 0.1) is 6.61 Å². The lowest BCUT2D eigenvalue weighted by Gasteiger charge is -2.23. The molecular weight excluding hydrogens is 204 g/mol. The molecule has 94 valence electrons. The fourth-order valence-corrected chi connectivity index (χ4v) is 2.02. The predicted molar refractivity (Wildman–Crippen MR) is 64.3 cm³/mol. The van der Waals surface area contributed by atoms with Crippen molar-refractivity contribution in [3.05, 3.63) is 0 Å². The summed E-state index contributed by atoms with van der Waals surface area (Å²) >= 11 is 0. The van der Waals surface area contributed by atoms with E-state index in [1.54, 1.807) is 0 Å². The molecule has 4 heteroatoms. The Morgan fingerprint density at radius 1 is 1.56 bits per heavy atom. The summed E-state index contributed by atoms with van der Waals surface area (Å²) in [5.41, 5.74) is 0. The van der Waals surface area contributed by atoms with E-state index in [1.165, 1.54) is 0 Å².